The van der Waals surface area contributed by atoms with Gasteiger partial charge in [0.2, 0.25) is 5.91 Å². The maximum absolute atomic E-state index is 12.3. The molecule has 1 atom stereocenters. The summed E-state index contributed by atoms with van der Waals surface area (Å²) in [4.78, 5) is 23.2. The highest BCUT2D eigenvalue weighted by atomic mass is 79.9. The summed E-state index contributed by atoms with van der Waals surface area (Å²) in [5.41, 5.74) is 2.45. The molecule has 0 saturated heterocycles. The van der Waals surface area contributed by atoms with Gasteiger partial charge < -0.3 is 10.4 Å². The molecular weight excluding hydrogens is 362 g/mol. The van der Waals surface area contributed by atoms with Crippen LogP contribution in [0.25, 0.3) is 0 Å². The summed E-state index contributed by atoms with van der Waals surface area (Å²) in [6.45, 7) is 6.09. The van der Waals surface area contributed by atoms with Crippen LogP contribution in [0.3, 0.4) is 0 Å². The Balaban J connectivity index is 2.06. The fourth-order valence-electron chi connectivity index (χ4n) is 2.19. The quantitative estimate of drug-likeness (QED) is 0.834. The number of carboxylic acid groups (broad SMARTS) is 1. The van der Waals surface area contributed by atoms with Crippen molar-refractivity contribution in [1.82, 2.24) is 9.78 Å². The fourth-order valence-corrected chi connectivity index (χ4v) is 2.47. The van der Waals surface area contributed by atoms with Crippen LogP contribution in [0.4, 0.5) is 5.69 Å². The summed E-state index contributed by atoms with van der Waals surface area (Å²) in [5, 5.41) is 16.1. The van der Waals surface area contributed by atoms with E-state index in [1.54, 1.807) is 23.7 Å². The molecule has 2 rings (SSSR count). The molecule has 0 radical (unpaired) electrons. The predicted octanol–water partition coefficient (Wildman–Crippen LogP) is 3.24. The highest BCUT2D eigenvalue weighted by Gasteiger charge is 2.17. The largest absolute Gasteiger partial charge is 0.478 e. The van der Waals surface area contributed by atoms with Crippen LogP contribution in [0.5, 0.6) is 0 Å². The van der Waals surface area contributed by atoms with Gasteiger partial charge in [-0.2, -0.15) is 5.10 Å². The van der Waals surface area contributed by atoms with Gasteiger partial charge in [0, 0.05) is 11.4 Å². The number of nitrogens with zero attached hydrogens (tertiary/aromatic N) is 2. The molecule has 6 nitrogen and oxygen atoms in total. The number of benzene rings is 1. The molecule has 0 fully saturated rings. The molecule has 0 spiro atoms. The maximum atomic E-state index is 12.3. The van der Waals surface area contributed by atoms with Crippen molar-refractivity contribution in [3.8, 4) is 0 Å². The van der Waals surface area contributed by atoms with Crippen molar-refractivity contribution in [2.45, 2.75) is 27.3 Å². The van der Waals surface area contributed by atoms with Crippen LogP contribution in [-0.2, 0) is 11.3 Å². The molecule has 1 amide bonds. The SMILES string of the molecule is Cc1nn(C[C@@H](C)C(=O)Nc2cccc(C(=O)O)c2)c(C)c1Br. The molecule has 23 heavy (non-hydrogen) atoms. The predicted molar refractivity (Wildman–Crippen MR) is 90.6 cm³/mol. The normalized spacial score (nSPS) is 12.0. The summed E-state index contributed by atoms with van der Waals surface area (Å²) < 4.78 is 2.73. The molecule has 1 heterocycles. The van der Waals surface area contributed by atoms with Crippen molar-refractivity contribution in [1.29, 1.82) is 0 Å². The summed E-state index contributed by atoms with van der Waals surface area (Å²) in [6.07, 6.45) is 0. The first-order valence-corrected chi connectivity index (χ1v) is 7.92. The number of nitrogens with one attached hydrogen (secondary N) is 1. The highest BCUT2D eigenvalue weighted by Crippen LogP contribution is 2.21. The molecule has 0 unspecified atom stereocenters. The van der Waals surface area contributed by atoms with Crippen LogP contribution in [0, 0.1) is 19.8 Å². The van der Waals surface area contributed by atoms with E-state index < -0.39 is 5.97 Å². The Morgan fingerprint density at radius 1 is 1.39 bits per heavy atom. The minimum Gasteiger partial charge on any atom is -0.478 e. The van der Waals surface area contributed by atoms with Gasteiger partial charge in [0.15, 0.2) is 0 Å². The zero-order valence-electron chi connectivity index (χ0n) is 13.1. The number of aromatic carboxylic acids is 1. The Morgan fingerprint density at radius 2 is 2.09 bits per heavy atom. The second-order valence-electron chi connectivity index (χ2n) is 5.44. The highest BCUT2D eigenvalue weighted by molar-refractivity contribution is 9.10. The van der Waals surface area contributed by atoms with Crippen molar-refractivity contribution < 1.29 is 14.7 Å². The Bertz CT molecular complexity index is 755. The van der Waals surface area contributed by atoms with Crippen molar-refractivity contribution in [2.24, 2.45) is 5.92 Å². The summed E-state index contributed by atoms with van der Waals surface area (Å²) in [5.74, 6) is -1.52. The molecule has 1 aromatic heterocycles. The van der Waals surface area contributed by atoms with E-state index in [1.807, 2.05) is 13.8 Å². The number of halogens is 1. The van der Waals surface area contributed by atoms with Gasteiger partial charge in [-0.25, -0.2) is 4.79 Å². The first kappa shape index (κ1) is 17.2. The van der Waals surface area contributed by atoms with Crippen LogP contribution in [0.2, 0.25) is 0 Å². The third-order valence-corrected chi connectivity index (χ3v) is 4.71. The topological polar surface area (TPSA) is 84.2 Å². The Labute approximate surface area is 142 Å². The number of carbonyl (C=O) groups excluding carboxylic acids is 1. The maximum Gasteiger partial charge on any atom is 0.335 e. The molecule has 1 aromatic carbocycles. The zero-order chi connectivity index (χ0) is 17.1. The van der Waals surface area contributed by atoms with Crippen LogP contribution in [-0.4, -0.2) is 26.8 Å². The van der Waals surface area contributed by atoms with Gasteiger partial charge >= 0.3 is 5.97 Å². The minimum absolute atomic E-state index is 0.137. The summed E-state index contributed by atoms with van der Waals surface area (Å²) in [7, 11) is 0. The van der Waals surface area contributed by atoms with E-state index in [2.05, 4.69) is 26.3 Å². The Kier molecular flexibility index (Phi) is 5.20. The smallest absolute Gasteiger partial charge is 0.335 e. The van der Waals surface area contributed by atoms with E-state index in [1.165, 1.54) is 12.1 Å². The van der Waals surface area contributed by atoms with Gasteiger partial charge in [0.1, 0.15) is 0 Å². The molecule has 2 N–H and O–H groups in total. The molecule has 0 aliphatic rings. The second-order valence-corrected chi connectivity index (χ2v) is 6.24. The number of rotatable bonds is 5. The van der Waals surface area contributed by atoms with Gasteiger partial charge in [-0.1, -0.05) is 13.0 Å². The molecule has 0 saturated carbocycles. The van der Waals surface area contributed by atoms with Crippen LogP contribution in [0.1, 0.15) is 28.7 Å². The number of hydrogen-bond donors (Lipinski definition) is 2. The number of aromatic nitrogens is 2. The third kappa shape index (κ3) is 3.98. The molecule has 7 heteroatoms. The Morgan fingerprint density at radius 3 is 2.65 bits per heavy atom. The zero-order valence-corrected chi connectivity index (χ0v) is 14.7. The number of carboxylic acids is 1. The lowest BCUT2D eigenvalue weighted by atomic mass is 10.1. The standard InChI is InChI=1S/C16H18BrN3O3/c1-9(8-20-11(3)14(17)10(2)19-20)15(21)18-13-6-4-5-12(7-13)16(22)23/h4-7,9H,8H2,1-3H3,(H,18,21)(H,22,23)/t9-/m1/s1. The van der Waals surface area contributed by atoms with Crippen molar-refractivity contribution in [3.05, 3.63) is 45.7 Å². The average Bonchev–Trinajstić information content (AvgIpc) is 2.74. The third-order valence-electron chi connectivity index (χ3n) is 3.56. The van der Waals surface area contributed by atoms with Crippen molar-refractivity contribution >= 4 is 33.5 Å². The van der Waals surface area contributed by atoms with E-state index in [0.29, 0.717) is 12.2 Å². The van der Waals surface area contributed by atoms with Crippen LogP contribution >= 0.6 is 15.9 Å². The van der Waals surface area contributed by atoms with Crippen molar-refractivity contribution in [2.75, 3.05) is 5.32 Å². The van der Waals surface area contributed by atoms with E-state index >= 15 is 0 Å². The second kappa shape index (κ2) is 6.95. The molecule has 0 aliphatic heterocycles. The van der Waals surface area contributed by atoms with Crippen LogP contribution < -0.4 is 5.32 Å². The van der Waals surface area contributed by atoms with Crippen LogP contribution in [0.15, 0.2) is 28.7 Å². The lowest BCUT2D eigenvalue weighted by Crippen LogP contribution is -2.25. The molecule has 0 bridgehead atoms. The average molecular weight is 380 g/mol. The van der Waals surface area contributed by atoms with Gasteiger partial charge in [-0.3, -0.25) is 9.48 Å². The number of hydrogen-bond acceptors (Lipinski definition) is 3. The lowest BCUT2D eigenvalue weighted by Gasteiger charge is -2.13. The summed E-state index contributed by atoms with van der Waals surface area (Å²) in [6, 6.07) is 6.18. The lowest BCUT2D eigenvalue weighted by molar-refractivity contribution is -0.119. The number of aryl methyl sites for hydroxylation is 1. The molecule has 122 valence electrons. The molecular formula is C16H18BrN3O3. The Hall–Kier alpha value is -2.15. The van der Waals surface area contributed by atoms with Gasteiger partial charge in [0.05, 0.1) is 28.2 Å². The van der Waals surface area contributed by atoms with E-state index in [4.69, 9.17) is 5.11 Å². The van der Waals surface area contributed by atoms with Gasteiger partial charge in [-0.15, -0.1) is 0 Å². The first-order chi connectivity index (χ1) is 10.8. The first-order valence-electron chi connectivity index (χ1n) is 7.13. The van der Waals surface area contributed by atoms with E-state index in [-0.39, 0.29) is 17.4 Å². The number of carbonyl (C=O) groups is 2. The van der Waals surface area contributed by atoms with Gasteiger partial charge in [0.25, 0.3) is 0 Å². The monoisotopic (exact) mass is 379 g/mol. The van der Waals surface area contributed by atoms with E-state index in [0.717, 1.165) is 15.9 Å². The fraction of sp³-hybridized carbons (Fsp3) is 0.312. The van der Waals surface area contributed by atoms with Crippen molar-refractivity contribution in [3.63, 3.8) is 0 Å². The number of anilines is 1. The molecule has 0 aliphatic carbocycles. The molecule has 2 aromatic rings. The van der Waals surface area contributed by atoms with E-state index in [9.17, 15) is 9.59 Å². The minimum atomic E-state index is -1.03. The number of amides is 1. The summed E-state index contributed by atoms with van der Waals surface area (Å²) >= 11 is 3.46. The van der Waals surface area contributed by atoms with Gasteiger partial charge in [-0.05, 0) is 48.0 Å².